The third-order valence-electron chi connectivity index (χ3n) is 3.67. The van der Waals surface area contributed by atoms with Crippen LogP contribution in [0.4, 0.5) is 5.95 Å². The lowest BCUT2D eigenvalue weighted by Crippen LogP contribution is -2.30. The molecule has 0 aliphatic carbocycles. The van der Waals surface area contributed by atoms with Crippen molar-refractivity contribution in [3.8, 4) is 17.0 Å². The Balaban J connectivity index is 1.85. The Morgan fingerprint density at radius 2 is 1.75 bits per heavy atom. The molecule has 0 N–H and O–H groups in total. The van der Waals surface area contributed by atoms with Gasteiger partial charge < -0.3 is 9.64 Å². The van der Waals surface area contributed by atoms with Gasteiger partial charge in [-0.3, -0.25) is 0 Å². The van der Waals surface area contributed by atoms with Crippen LogP contribution in [0.3, 0.4) is 0 Å². The second-order valence-corrected chi connectivity index (χ2v) is 5.02. The second kappa shape index (κ2) is 5.90. The van der Waals surface area contributed by atoms with Gasteiger partial charge >= 0.3 is 0 Å². The van der Waals surface area contributed by atoms with E-state index in [9.17, 15) is 0 Å². The summed E-state index contributed by atoms with van der Waals surface area (Å²) in [4.78, 5) is 11.4. The lowest BCUT2D eigenvalue weighted by molar-refractivity contribution is 0.415. The number of rotatable bonds is 3. The molecule has 0 atom stereocenters. The molecule has 2 heterocycles. The van der Waals surface area contributed by atoms with Gasteiger partial charge in [0.2, 0.25) is 5.95 Å². The van der Waals surface area contributed by atoms with Crippen molar-refractivity contribution in [3.63, 3.8) is 0 Å². The number of benzene rings is 1. The van der Waals surface area contributed by atoms with Crippen LogP contribution in [-0.2, 0) is 0 Å². The molecule has 3 rings (SSSR count). The molecule has 1 aliphatic rings. The van der Waals surface area contributed by atoms with Gasteiger partial charge in [-0.1, -0.05) is 0 Å². The van der Waals surface area contributed by atoms with Crippen LogP contribution < -0.4 is 9.64 Å². The van der Waals surface area contributed by atoms with Gasteiger partial charge in [-0.05, 0) is 49.6 Å². The molecule has 4 nitrogen and oxygen atoms in total. The van der Waals surface area contributed by atoms with Crippen molar-refractivity contribution in [3.05, 3.63) is 36.5 Å². The van der Waals surface area contributed by atoms with Crippen molar-refractivity contribution < 1.29 is 4.74 Å². The highest BCUT2D eigenvalue weighted by Gasteiger charge is 2.13. The number of hydrogen-bond donors (Lipinski definition) is 0. The van der Waals surface area contributed by atoms with Crippen molar-refractivity contribution in [1.29, 1.82) is 0 Å². The van der Waals surface area contributed by atoms with Crippen molar-refractivity contribution in [2.75, 3.05) is 25.1 Å². The summed E-state index contributed by atoms with van der Waals surface area (Å²) in [6.45, 7) is 2.12. The molecule has 0 saturated carbocycles. The first kappa shape index (κ1) is 12.9. The Morgan fingerprint density at radius 3 is 2.45 bits per heavy atom. The third-order valence-corrected chi connectivity index (χ3v) is 3.67. The lowest BCUT2D eigenvalue weighted by atomic mass is 10.1. The first-order valence-corrected chi connectivity index (χ1v) is 7.09. The van der Waals surface area contributed by atoms with E-state index in [-0.39, 0.29) is 0 Å². The summed E-state index contributed by atoms with van der Waals surface area (Å²) < 4.78 is 5.18. The lowest BCUT2D eigenvalue weighted by Gasteiger charge is -2.26. The monoisotopic (exact) mass is 269 g/mol. The summed E-state index contributed by atoms with van der Waals surface area (Å²) in [7, 11) is 1.67. The number of methoxy groups -OCH3 is 1. The predicted octanol–water partition coefficient (Wildman–Crippen LogP) is 3.14. The van der Waals surface area contributed by atoms with Crippen LogP contribution in [0.1, 0.15) is 19.3 Å². The average molecular weight is 269 g/mol. The molecule has 1 aliphatic heterocycles. The van der Waals surface area contributed by atoms with E-state index in [0.717, 1.165) is 36.0 Å². The summed E-state index contributed by atoms with van der Waals surface area (Å²) in [5.41, 5.74) is 2.05. The van der Waals surface area contributed by atoms with Crippen molar-refractivity contribution in [2.45, 2.75) is 19.3 Å². The van der Waals surface area contributed by atoms with E-state index in [1.807, 2.05) is 36.5 Å². The maximum absolute atomic E-state index is 5.18. The maximum Gasteiger partial charge on any atom is 0.225 e. The van der Waals surface area contributed by atoms with Gasteiger partial charge in [0.05, 0.1) is 12.8 Å². The molecule has 1 fully saturated rings. The van der Waals surface area contributed by atoms with Crippen LogP contribution in [-0.4, -0.2) is 30.2 Å². The Kier molecular flexibility index (Phi) is 3.81. The van der Waals surface area contributed by atoms with Gasteiger partial charge in [-0.15, -0.1) is 0 Å². The molecule has 2 aromatic rings. The van der Waals surface area contributed by atoms with E-state index in [4.69, 9.17) is 9.72 Å². The van der Waals surface area contributed by atoms with E-state index in [2.05, 4.69) is 9.88 Å². The number of ether oxygens (including phenoxy) is 1. The number of piperidine rings is 1. The van der Waals surface area contributed by atoms with E-state index < -0.39 is 0 Å². The number of hydrogen-bond acceptors (Lipinski definition) is 4. The topological polar surface area (TPSA) is 38.2 Å². The van der Waals surface area contributed by atoms with Crippen LogP contribution in [0.15, 0.2) is 36.5 Å². The number of aromatic nitrogens is 2. The van der Waals surface area contributed by atoms with Gasteiger partial charge in [-0.25, -0.2) is 9.97 Å². The number of anilines is 1. The molecule has 1 saturated heterocycles. The normalized spacial score (nSPS) is 15.2. The quantitative estimate of drug-likeness (QED) is 0.858. The molecule has 0 radical (unpaired) electrons. The van der Waals surface area contributed by atoms with Crippen LogP contribution in [0.25, 0.3) is 11.3 Å². The summed E-state index contributed by atoms with van der Waals surface area (Å²) in [6.07, 6.45) is 5.62. The highest BCUT2D eigenvalue weighted by Crippen LogP contribution is 2.23. The van der Waals surface area contributed by atoms with E-state index in [1.54, 1.807) is 7.11 Å². The molecular weight excluding hydrogens is 250 g/mol. The average Bonchev–Trinajstić information content (AvgIpc) is 2.56. The van der Waals surface area contributed by atoms with Crippen molar-refractivity contribution in [1.82, 2.24) is 9.97 Å². The van der Waals surface area contributed by atoms with E-state index >= 15 is 0 Å². The second-order valence-electron chi connectivity index (χ2n) is 5.02. The molecule has 0 unspecified atom stereocenters. The molecule has 0 bridgehead atoms. The molecule has 20 heavy (non-hydrogen) atoms. The molecular formula is C16H19N3O. The highest BCUT2D eigenvalue weighted by molar-refractivity contribution is 5.61. The van der Waals surface area contributed by atoms with Gasteiger partial charge in [-0.2, -0.15) is 0 Å². The number of nitrogens with zero attached hydrogens (tertiary/aromatic N) is 3. The Hall–Kier alpha value is -2.10. The molecule has 0 spiro atoms. The van der Waals surface area contributed by atoms with Gasteiger partial charge in [0.1, 0.15) is 5.75 Å². The Bertz CT molecular complexity index is 562. The Morgan fingerprint density at radius 1 is 1.00 bits per heavy atom. The minimum atomic E-state index is 0.845. The van der Waals surface area contributed by atoms with Gasteiger partial charge in [0.15, 0.2) is 0 Å². The summed E-state index contributed by atoms with van der Waals surface area (Å²) in [6, 6.07) is 9.92. The molecule has 104 valence electrons. The van der Waals surface area contributed by atoms with Gasteiger partial charge in [0.25, 0.3) is 0 Å². The standard InChI is InChI=1S/C16H19N3O/c1-20-14-7-5-13(6-8-14)15-9-10-17-16(18-15)19-11-3-2-4-12-19/h5-10H,2-4,11-12H2,1H3. The molecule has 4 heteroatoms. The highest BCUT2D eigenvalue weighted by atomic mass is 16.5. The smallest absolute Gasteiger partial charge is 0.225 e. The Labute approximate surface area is 119 Å². The van der Waals surface area contributed by atoms with Gasteiger partial charge in [0, 0.05) is 24.8 Å². The zero-order valence-electron chi connectivity index (χ0n) is 11.7. The van der Waals surface area contributed by atoms with E-state index in [0.29, 0.717) is 0 Å². The SMILES string of the molecule is COc1ccc(-c2ccnc(N3CCCCC3)n2)cc1. The summed E-state index contributed by atoms with van der Waals surface area (Å²) >= 11 is 0. The zero-order valence-corrected chi connectivity index (χ0v) is 11.7. The molecule has 0 amide bonds. The van der Waals surface area contributed by atoms with Crippen molar-refractivity contribution in [2.24, 2.45) is 0 Å². The maximum atomic E-state index is 5.18. The minimum absolute atomic E-state index is 0.845. The fourth-order valence-corrected chi connectivity index (χ4v) is 2.52. The summed E-state index contributed by atoms with van der Waals surface area (Å²) in [5.74, 6) is 1.71. The zero-order chi connectivity index (χ0) is 13.8. The first-order valence-electron chi connectivity index (χ1n) is 7.09. The van der Waals surface area contributed by atoms with Crippen LogP contribution in [0.5, 0.6) is 5.75 Å². The van der Waals surface area contributed by atoms with Crippen LogP contribution in [0, 0.1) is 0 Å². The van der Waals surface area contributed by atoms with Crippen LogP contribution in [0.2, 0.25) is 0 Å². The summed E-state index contributed by atoms with van der Waals surface area (Å²) in [5, 5.41) is 0. The fourth-order valence-electron chi connectivity index (χ4n) is 2.52. The first-order chi connectivity index (χ1) is 9.86. The minimum Gasteiger partial charge on any atom is -0.497 e. The predicted molar refractivity (Wildman–Crippen MR) is 80.1 cm³/mol. The third kappa shape index (κ3) is 2.74. The molecule has 1 aromatic heterocycles. The van der Waals surface area contributed by atoms with Crippen LogP contribution >= 0.6 is 0 Å². The fraction of sp³-hybridized carbons (Fsp3) is 0.375. The van der Waals surface area contributed by atoms with E-state index in [1.165, 1.54) is 19.3 Å². The molecule has 1 aromatic carbocycles. The van der Waals surface area contributed by atoms with Crippen molar-refractivity contribution >= 4 is 5.95 Å². The largest absolute Gasteiger partial charge is 0.497 e.